The molecule has 0 aromatic carbocycles. The van der Waals surface area contributed by atoms with E-state index in [1.807, 2.05) is 20.8 Å². The lowest BCUT2D eigenvalue weighted by molar-refractivity contribution is -0.0830. The van der Waals surface area contributed by atoms with Gasteiger partial charge in [0.2, 0.25) is 0 Å². The van der Waals surface area contributed by atoms with Crippen LogP contribution < -0.4 is 0 Å². The molecule has 110 valence electrons. The molecule has 2 aliphatic rings. The number of hydrogen-bond acceptors (Lipinski definition) is 3. The predicted molar refractivity (Wildman–Crippen MR) is 74.1 cm³/mol. The van der Waals surface area contributed by atoms with Gasteiger partial charge >= 0.3 is 6.09 Å². The van der Waals surface area contributed by atoms with E-state index in [1.54, 1.807) is 4.90 Å². The molecule has 1 unspecified atom stereocenters. The van der Waals surface area contributed by atoms with Crippen LogP contribution in [0, 0.1) is 5.92 Å². The van der Waals surface area contributed by atoms with Crippen LogP contribution in [0.2, 0.25) is 0 Å². The fourth-order valence-corrected chi connectivity index (χ4v) is 2.41. The average Bonchev–Trinajstić information content (AvgIpc) is 3.08. The van der Waals surface area contributed by atoms with Crippen LogP contribution in [-0.2, 0) is 9.47 Å². The molecule has 0 aromatic rings. The maximum Gasteiger partial charge on any atom is 0.410 e. The van der Waals surface area contributed by atoms with E-state index in [0.29, 0.717) is 6.54 Å². The van der Waals surface area contributed by atoms with Crippen LogP contribution in [0.5, 0.6) is 0 Å². The number of nitrogens with zero attached hydrogens (tertiary/aromatic N) is 1. The fourth-order valence-electron chi connectivity index (χ4n) is 2.41. The van der Waals surface area contributed by atoms with Gasteiger partial charge in [0.05, 0.1) is 18.8 Å². The normalized spacial score (nSPS) is 28.3. The third-order valence-electron chi connectivity index (χ3n) is 3.68. The van der Waals surface area contributed by atoms with Gasteiger partial charge in [-0.1, -0.05) is 0 Å². The highest BCUT2D eigenvalue weighted by atomic mass is 16.6. The zero-order chi connectivity index (χ0) is 14.1. The van der Waals surface area contributed by atoms with E-state index in [0.717, 1.165) is 31.9 Å². The van der Waals surface area contributed by atoms with Crippen LogP contribution in [0.15, 0.2) is 0 Å². The van der Waals surface area contributed by atoms with E-state index in [-0.39, 0.29) is 11.7 Å². The molecule has 1 amide bonds. The maximum atomic E-state index is 12.1. The molecule has 1 atom stereocenters. The second-order valence-corrected chi connectivity index (χ2v) is 7.21. The van der Waals surface area contributed by atoms with E-state index in [2.05, 4.69) is 6.92 Å². The molecule has 0 spiro atoms. The second kappa shape index (κ2) is 5.31. The highest BCUT2D eigenvalue weighted by Gasteiger charge is 2.37. The Hall–Kier alpha value is -0.770. The van der Waals surface area contributed by atoms with Crippen molar-refractivity contribution < 1.29 is 14.3 Å². The van der Waals surface area contributed by atoms with E-state index in [4.69, 9.17) is 9.47 Å². The van der Waals surface area contributed by atoms with Gasteiger partial charge in [0.1, 0.15) is 5.60 Å². The fraction of sp³-hybridized carbons (Fsp3) is 0.933. The van der Waals surface area contributed by atoms with Crippen molar-refractivity contribution in [2.75, 3.05) is 19.7 Å². The molecular formula is C15H27NO3. The van der Waals surface area contributed by atoms with E-state index >= 15 is 0 Å². The minimum absolute atomic E-state index is 0.197. The summed E-state index contributed by atoms with van der Waals surface area (Å²) in [5, 5.41) is 0. The largest absolute Gasteiger partial charge is 0.444 e. The van der Waals surface area contributed by atoms with Crippen LogP contribution in [-0.4, -0.2) is 41.9 Å². The number of ether oxygens (including phenoxy) is 2. The summed E-state index contributed by atoms with van der Waals surface area (Å²) in [4.78, 5) is 13.9. The minimum atomic E-state index is -0.431. The molecule has 2 rings (SSSR count). The van der Waals surface area contributed by atoms with Crippen LogP contribution in [0.25, 0.3) is 0 Å². The molecular weight excluding hydrogens is 242 g/mol. The molecule has 4 heteroatoms. The second-order valence-electron chi connectivity index (χ2n) is 7.21. The van der Waals surface area contributed by atoms with Crippen molar-refractivity contribution in [3.05, 3.63) is 0 Å². The number of likely N-dealkylation sites (tertiary alicyclic amines) is 1. The monoisotopic (exact) mass is 269 g/mol. The van der Waals surface area contributed by atoms with Crippen molar-refractivity contribution in [3.8, 4) is 0 Å². The highest BCUT2D eigenvalue weighted by Crippen LogP contribution is 2.33. The number of carbonyl (C=O) groups is 1. The summed E-state index contributed by atoms with van der Waals surface area (Å²) in [6.45, 7) is 10.1. The maximum absolute atomic E-state index is 12.1. The first-order valence-electron chi connectivity index (χ1n) is 7.39. The van der Waals surface area contributed by atoms with Gasteiger partial charge in [-0.25, -0.2) is 4.79 Å². The van der Waals surface area contributed by atoms with Gasteiger partial charge in [0.25, 0.3) is 0 Å². The zero-order valence-electron chi connectivity index (χ0n) is 12.7. The Bertz CT molecular complexity index is 333. The minimum Gasteiger partial charge on any atom is -0.444 e. The first kappa shape index (κ1) is 14.6. The van der Waals surface area contributed by atoms with Crippen LogP contribution in [0.4, 0.5) is 4.79 Å². The van der Waals surface area contributed by atoms with Gasteiger partial charge in [-0.05, 0) is 59.3 Å². The number of rotatable bonds is 3. The first-order valence-corrected chi connectivity index (χ1v) is 7.39. The summed E-state index contributed by atoms with van der Waals surface area (Å²) in [6.07, 6.45) is 4.39. The van der Waals surface area contributed by atoms with E-state index < -0.39 is 5.60 Å². The van der Waals surface area contributed by atoms with Gasteiger partial charge in [0.15, 0.2) is 0 Å². The smallest absolute Gasteiger partial charge is 0.410 e. The molecule has 0 N–H and O–H groups in total. The van der Waals surface area contributed by atoms with Crippen LogP contribution >= 0.6 is 0 Å². The summed E-state index contributed by atoms with van der Waals surface area (Å²) >= 11 is 0. The molecule has 4 nitrogen and oxygen atoms in total. The number of carbonyl (C=O) groups excluding carboxylic acids is 1. The van der Waals surface area contributed by atoms with Crippen molar-refractivity contribution in [1.29, 1.82) is 0 Å². The Morgan fingerprint density at radius 2 is 2.05 bits per heavy atom. The van der Waals surface area contributed by atoms with Crippen molar-refractivity contribution in [1.82, 2.24) is 4.90 Å². The van der Waals surface area contributed by atoms with Gasteiger partial charge in [-0.3, -0.25) is 0 Å². The lowest BCUT2D eigenvalue weighted by Crippen LogP contribution is -2.51. The molecule has 1 saturated heterocycles. The third-order valence-corrected chi connectivity index (χ3v) is 3.68. The van der Waals surface area contributed by atoms with Crippen molar-refractivity contribution >= 4 is 6.09 Å². The van der Waals surface area contributed by atoms with Crippen molar-refractivity contribution in [2.24, 2.45) is 5.92 Å². The first-order chi connectivity index (χ1) is 8.77. The molecule has 0 aromatic heterocycles. The lowest BCUT2D eigenvalue weighted by atomic mass is 9.95. The molecule has 0 bridgehead atoms. The number of hydrogen-bond donors (Lipinski definition) is 0. The molecule has 1 aliphatic carbocycles. The van der Waals surface area contributed by atoms with Gasteiger partial charge in [-0.15, -0.1) is 0 Å². The molecule has 19 heavy (non-hydrogen) atoms. The van der Waals surface area contributed by atoms with Crippen LogP contribution in [0.3, 0.4) is 0 Å². The number of piperidine rings is 1. The summed E-state index contributed by atoms with van der Waals surface area (Å²) in [7, 11) is 0. The third kappa shape index (κ3) is 4.68. The quantitative estimate of drug-likeness (QED) is 0.789. The Labute approximate surface area is 116 Å². The van der Waals surface area contributed by atoms with Gasteiger partial charge in [0, 0.05) is 6.54 Å². The topological polar surface area (TPSA) is 38.8 Å². The Balaban J connectivity index is 1.86. The highest BCUT2D eigenvalue weighted by molar-refractivity contribution is 5.68. The Kier molecular flexibility index (Phi) is 4.09. The average molecular weight is 269 g/mol. The zero-order valence-corrected chi connectivity index (χ0v) is 12.7. The van der Waals surface area contributed by atoms with Gasteiger partial charge < -0.3 is 14.4 Å². The van der Waals surface area contributed by atoms with Crippen molar-refractivity contribution in [3.63, 3.8) is 0 Å². The summed E-state index contributed by atoms with van der Waals surface area (Å²) in [5.74, 6) is 0.758. The van der Waals surface area contributed by atoms with Gasteiger partial charge in [-0.2, -0.15) is 0 Å². The predicted octanol–water partition coefficient (Wildman–Crippen LogP) is 3.20. The van der Waals surface area contributed by atoms with E-state index in [9.17, 15) is 4.79 Å². The molecule has 2 fully saturated rings. The standard InChI is InChI=1S/C15H27NO3/c1-14(2,3)19-13(17)16-9-5-8-15(4,11-16)18-10-12-6-7-12/h12H,5-11H2,1-4H3. The molecule has 0 radical (unpaired) electrons. The Morgan fingerprint density at radius 3 is 2.63 bits per heavy atom. The summed E-state index contributed by atoms with van der Waals surface area (Å²) in [6, 6.07) is 0. The summed E-state index contributed by atoms with van der Waals surface area (Å²) < 4.78 is 11.5. The molecule has 1 heterocycles. The lowest BCUT2D eigenvalue weighted by Gasteiger charge is -2.40. The van der Waals surface area contributed by atoms with Crippen molar-refractivity contribution in [2.45, 2.75) is 64.6 Å². The Morgan fingerprint density at radius 1 is 1.37 bits per heavy atom. The van der Waals surface area contributed by atoms with E-state index in [1.165, 1.54) is 12.8 Å². The molecule has 1 aliphatic heterocycles. The number of amides is 1. The SMILES string of the molecule is CC(C)(C)OC(=O)N1CCCC(C)(OCC2CC2)C1. The summed E-state index contributed by atoms with van der Waals surface area (Å²) in [5.41, 5.74) is -0.627. The molecule has 1 saturated carbocycles. The van der Waals surface area contributed by atoms with Crippen LogP contribution in [0.1, 0.15) is 53.4 Å².